The minimum absolute atomic E-state index is 0.0630. The zero-order chi connectivity index (χ0) is 19.8. The van der Waals surface area contributed by atoms with Gasteiger partial charge < -0.3 is 15.0 Å². The molecule has 6 nitrogen and oxygen atoms in total. The van der Waals surface area contributed by atoms with Gasteiger partial charge in [0.15, 0.2) is 6.61 Å². The summed E-state index contributed by atoms with van der Waals surface area (Å²) in [5.41, 5.74) is 2.09. The van der Waals surface area contributed by atoms with Gasteiger partial charge in [-0.05, 0) is 41.5 Å². The Morgan fingerprint density at radius 2 is 2.00 bits per heavy atom. The van der Waals surface area contributed by atoms with Crippen molar-refractivity contribution in [2.75, 3.05) is 11.5 Å². The minimum Gasteiger partial charge on any atom is -0.482 e. The molecule has 2 aliphatic rings. The predicted molar refractivity (Wildman–Crippen MR) is 114 cm³/mol. The van der Waals surface area contributed by atoms with Gasteiger partial charge in [-0.15, -0.1) is 0 Å². The van der Waals surface area contributed by atoms with Gasteiger partial charge in [0, 0.05) is 0 Å². The topological polar surface area (TPSA) is 71.5 Å². The summed E-state index contributed by atoms with van der Waals surface area (Å²) in [6.07, 6.45) is 1.72. The lowest BCUT2D eigenvalue weighted by Crippen LogP contribution is -2.38. The first kappa shape index (κ1) is 19.2. The van der Waals surface area contributed by atoms with Gasteiger partial charge in [-0.1, -0.05) is 53.2 Å². The first-order valence-corrected chi connectivity index (χ1v) is 10.0. The lowest BCUT2D eigenvalue weighted by atomic mass is 10.1. The summed E-state index contributed by atoms with van der Waals surface area (Å²) >= 11 is 18.1. The standard InChI is InChI=1S/C18H11Cl2N3O3S2/c19-14-5-10(6-15(20)21-14)7-23-11-3-9(1-2-12(11)26-8-16(23)24)4-13-17(25)22-18(27)28-13/h1-6H,7-8H2,(H,22,25,27). The number of thiocarbonyl (C=S) groups is 1. The Morgan fingerprint density at radius 1 is 1.25 bits per heavy atom. The SMILES string of the molecule is O=C1NC(=S)SC1=Cc1ccc2c(c1)N(Cc1cc(Cl)nc(Cl)c1)C(=O)CO2. The van der Waals surface area contributed by atoms with Crippen LogP contribution in [0.3, 0.4) is 0 Å². The smallest absolute Gasteiger partial charge is 0.265 e. The Balaban J connectivity index is 1.69. The molecule has 0 aliphatic carbocycles. The maximum absolute atomic E-state index is 12.5. The molecule has 0 radical (unpaired) electrons. The molecule has 0 bridgehead atoms. The summed E-state index contributed by atoms with van der Waals surface area (Å²) in [7, 11) is 0. The molecular formula is C18H11Cl2N3O3S2. The summed E-state index contributed by atoms with van der Waals surface area (Å²) in [4.78, 5) is 30.4. The van der Waals surface area contributed by atoms with Crippen LogP contribution >= 0.6 is 47.2 Å². The lowest BCUT2D eigenvalue weighted by Gasteiger charge is -2.29. The van der Waals surface area contributed by atoms with Crippen LogP contribution in [0.5, 0.6) is 5.75 Å². The number of ether oxygens (including phenoxy) is 1. The number of amides is 2. The second-order valence-corrected chi connectivity index (χ2v) is 8.46. The molecule has 28 heavy (non-hydrogen) atoms. The molecule has 3 heterocycles. The van der Waals surface area contributed by atoms with E-state index in [0.717, 1.165) is 11.1 Å². The van der Waals surface area contributed by atoms with E-state index in [1.165, 1.54) is 11.8 Å². The van der Waals surface area contributed by atoms with Crippen LogP contribution in [-0.2, 0) is 16.1 Å². The number of benzene rings is 1. The Morgan fingerprint density at radius 3 is 2.68 bits per heavy atom. The van der Waals surface area contributed by atoms with E-state index in [2.05, 4.69) is 10.3 Å². The number of nitrogens with zero attached hydrogens (tertiary/aromatic N) is 2. The maximum atomic E-state index is 12.5. The fraction of sp³-hybridized carbons (Fsp3) is 0.111. The number of carbonyl (C=O) groups is 2. The number of aromatic nitrogens is 1. The van der Waals surface area contributed by atoms with Crippen LogP contribution in [0, 0.1) is 0 Å². The van der Waals surface area contributed by atoms with Gasteiger partial charge in [-0.25, -0.2) is 4.98 Å². The average Bonchev–Trinajstić information content (AvgIpc) is 2.94. The molecule has 2 amide bonds. The Bertz CT molecular complexity index is 1040. The van der Waals surface area contributed by atoms with Gasteiger partial charge in [0.25, 0.3) is 11.8 Å². The molecule has 1 aromatic heterocycles. The van der Waals surface area contributed by atoms with Crippen molar-refractivity contribution < 1.29 is 14.3 Å². The van der Waals surface area contributed by atoms with Crippen LogP contribution in [-0.4, -0.2) is 27.7 Å². The van der Waals surface area contributed by atoms with Gasteiger partial charge in [0.2, 0.25) is 0 Å². The highest BCUT2D eigenvalue weighted by atomic mass is 35.5. The first-order valence-electron chi connectivity index (χ1n) is 8.03. The van der Waals surface area contributed by atoms with Crippen LogP contribution in [0.4, 0.5) is 5.69 Å². The van der Waals surface area contributed by atoms with Crippen molar-refractivity contribution in [1.29, 1.82) is 0 Å². The predicted octanol–water partition coefficient (Wildman–Crippen LogP) is 3.80. The molecule has 1 N–H and O–H groups in total. The highest BCUT2D eigenvalue weighted by molar-refractivity contribution is 8.26. The summed E-state index contributed by atoms with van der Waals surface area (Å²) < 4.78 is 5.95. The van der Waals surface area contributed by atoms with Crippen LogP contribution < -0.4 is 15.0 Å². The quantitative estimate of drug-likeness (QED) is 0.434. The number of anilines is 1. The second kappa shape index (κ2) is 7.71. The molecule has 0 atom stereocenters. The van der Waals surface area contributed by atoms with E-state index in [1.807, 2.05) is 6.07 Å². The third kappa shape index (κ3) is 4.00. The lowest BCUT2D eigenvalue weighted by molar-refractivity contribution is -0.121. The van der Waals surface area contributed by atoms with E-state index >= 15 is 0 Å². The van der Waals surface area contributed by atoms with E-state index in [0.29, 0.717) is 20.7 Å². The van der Waals surface area contributed by atoms with Crippen LogP contribution in [0.15, 0.2) is 35.2 Å². The van der Waals surface area contributed by atoms with Crippen molar-refractivity contribution in [1.82, 2.24) is 10.3 Å². The maximum Gasteiger partial charge on any atom is 0.265 e. The molecule has 2 aromatic rings. The zero-order valence-corrected chi connectivity index (χ0v) is 17.2. The van der Waals surface area contributed by atoms with Crippen LogP contribution in [0.1, 0.15) is 11.1 Å². The van der Waals surface area contributed by atoms with Crippen molar-refractivity contribution in [2.45, 2.75) is 6.54 Å². The largest absolute Gasteiger partial charge is 0.482 e. The highest BCUT2D eigenvalue weighted by Crippen LogP contribution is 2.36. The fourth-order valence-corrected chi connectivity index (χ4v) is 4.39. The molecule has 1 saturated heterocycles. The van der Waals surface area contributed by atoms with E-state index in [-0.39, 0.29) is 35.3 Å². The normalized spacial score (nSPS) is 17.6. The number of hydrogen-bond acceptors (Lipinski definition) is 6. The average molecular weight is 452 g/mol. The number of rotatable bonds is 3. The van der Waals surface area contributed by atoms with E-state index in [4.69, 9.17) is 40.2 Å². The van der Waals surface area contributed by atoms with Crippen molar-refractivity contribution in [3.8, 4) is 5.75 Å². The summed E-state index contributed by atoms with van der Waals surface area (Å²) in [6, 6.07) is 8.68. The number of pyridine rings is 1. The Kier molecular flexibility index (Phi) is 5.29. The monoisotopic (exact) mass is 451 g/mol. The molecule has 1 aromatic carbocycles. The third-order valence-electron chi connectivity index (χ3n) is 4.03. The minimum atomic E-state index is -0.238. The molecule has 10 heteroatoms. The van der Waals surface area contributed by atoms with Gasteiger partial charge in [-0.2, -0.15) is 0 Å². The molecule has 0 unspecified atom stereocenters. The molecule has 142 valence electrons. The van der Waals surface area contributed by atoms with E-state index < -0.39 is 0 Å². The van der Waals surface area contributed by atoms with E-state index in [1.54, 1.807) is 35.2 Å². The first-order chi connectivity index (χ1) is 13.4. The third-order valence-corrected chi connectivity index (χ3v) is 5.58. The van der Waals surface area contributed by atoms with E-state index in [9.17, 15) is 9.59 Å². The molecule has 0 saturated carbocycles. The number of hydrogen-bond donors (Lipinski definition) is 1. The van der Waals surface area contributed by atoms with Crippen LogP contribution in [0.2, 0.25) is 10.3 Å². The Hall–Kier alpha value is -2.13. The molecular weight excluding hydrogens is 441 g/mol. The molecule has 4 rings (SSSR count). The summed E-state index contributed by atoms with van der Waals surface area (Å²) in [5.74, 6) is 0.139. The van der Waals surface area contributed by atoms with Crippen molar-refractivity contribution in [2.24, 2.45) is 0 Å². The molecule has 0 spiro atoms. The Labute approximate surface area is 179 Å². The second-order valence-electron chi connectivity index (χ2n) is 5.97. The number of halogens is 2. The van der Waals surface area contributed by atoms with Gasteiger partial charge in [0.05, 0.1) is 17.1 Å². The number of thioether (sulfide) groups is 1. The van der Waals surface area contributed by atoms with Crippen molar-refractivity contribution in [3.05, 3.63) is 56.7 Å². The number of nitrogens with one attached hydrogen (secondary N) is 1. The molecule has 2 aliphatic heterocycles. The highest BCUT2D eigenvalue weighted by Gasteiger charge is 2.27. The summed E-state index contributed by atoms with van der Waals surface area (Å²) in [6.45, 7) is 0.197. The number of carbonyl (C=O) groups excluding carboxylic acids is 2. The van der Waals surface area contributed by atoms with Crippen molar-refractivity contribution in [3.63, 3.8) is 0 Å². The van der Waals surface area contributed by atoms with Gasteiger partial charge >= 0.3 is 0 Å². The summed E-state index contributed by atoms with van der Waals surface area (Å²) in [5, 5.41) is 3.08. The van der Waals surface area contributed by atoms with Crippen LogP contribution in [0.25, 0.3) is 6.08 Å². The van der Waals surface area contributed by atoms with Crippen molar-refractivity contribution >= 4 is 75.1 Å². The van der Waals surface area contributed by atoms with Gasteiger partial charge in [-0.3, -0.25) is 9.59 Å². The number of fused-ring (bicyclic) bond motifs is 1. The van der Waals surface area contributed by atoms with Gasteiger partial charge in [0.1, 0.15) is 20.4 Å². The fourth-order valence-electron chi connectivity index (χ4n) is 2.84. The molecule has 1 fully saturated rings. The zero-order valence-electron chi connectivity index (χ0n) is 14.1.